The van der Waals surface area contributed by atoms with Crippen molar-refractivity contribution in [2.45, 2.75) is 45.6 Å². The van der Waals surface area contributed by atoms with Gasteiger partial charge < -0.3 is 20.1 Å². The number of urea groups is 1. The van der Waals surface area contributed by atoms with Crippen molar-refractivity contribution in [3.8, 4) is 0 Å². The van der Waals surface area contributed by atoms with E-state index in [2.05, 4.69) is 5.32 Å². The molecule has 0 spiro atoms. The number of rotatable bonds is 10. The van der Waals surface area contributed by atoms with Gasteiger partial charge in [0.1, 0.15) is 0 Å². The maximum atomic E-state index is 11.9. The van der Waals surface area contributed by atoms with Gasteiger partial charge in [-0.2, -0.15) is 0 Å². The Hall–Kier alpha value is -1.30. The lowest BCUT2D eigenvalue weighted by Crippen LogP contribution is -2.45. The lowest BCUT2D eigenvalue weighted by Gasteiger charge is -2.26. The molecule has 0 aromatic heterocycles. The van der Waals surface area contributed by atoms with Crippen LogP contribution < -0.4 is 5.32 Å². The fourth-order valence-electron chi connectivity index (χ4n) is 1.82. The zero-order valence-corrected chi connectivity index (χ0v) is 12.4. The summed E-state index contributed by atoms with van der Waals surface area (Å²) >= 11 is 0. The number of carboxylic acid groups (broad SMARTS) is 1. The van der Waals surface area contributed by atoms with Crippen LogP contribution in [0.25, 0.3) is 0 Å². The summed E-state index contributed by atoms with van der Waals surface area (Å²) in [4.78, 5) is 24.0. The highest BCUT2D eigenvalue weighted by molar-refractivity contribution is 5.75. The summed E-state index contributed by atoms with van der Waals surface area (Å²) in [7, 11) is 0. The molecule has 6 heteroatoms. The van der Waals surface area contributed by atoms with Crippen LogP contribution in [0.15, 0.2) is 0 Å². The molecular weight excluding hydrogens is 260 g/mol. The summed E-state index contributed by atoms with van der Waals surface area (Å²) < 4.78 is 5.48. The minimum absolute atomic E-state index is 0.0135. The van der Waals surface area contributed by atoms with Crippen LogP contribution in [0.1, 0.15) is 39.5 Å². The molecule has 2 amide bonds. The van der Waals surface area contributed by atoms with Gasteiger partial charge in [0.2, 0.25) is 0 Å². The van der Waals surface area contributed by atoms with Crippen molar-refractivity contribution in [1.82, 2.24) is 10.2 Å². The van der Waals surface area contributed by atoms with Gasteiger partial charge in [-0.15, -0.1) is 0 Å². The van der Waals surface area contributed by atoms with Crippen LogP contribution in [0.4, 0.5) is 4.79 Å². The molecule has 0 aromatic rings. The smallest absolute Gasteiger partial charge is 0.317 e. The Bertz CT molecular complexity index is 316. The van der Waals surface area contributed by atoms with E-state index in [4.69, 9.17) is 9.84 Å². The molecule has 0 atom stereocenters. The Morgan fingerprint density at radius 3 is 2.65 bits per heavy atom. The maximum absolute atomic E-state index is 11.9. The molecule has 1 aliphatic rings. The van der Waals surface area contributed by atoms with Crippen molar-refractivity contribution in [2.24, 2.45) is 5.92 Å². The van der Waals surface area contributed by atoms with E-state index in [1.165, 1.54) is 12.8 Å². The first-order chi connectivity index (χ1) is 9.50. The molecule has 0 radical (unpaired) electrons. The number of aliphatic carboxylic acids is 1. The minimum Gasteiger partial charge on any atom is -0.481 e. The summed E-state index contributed by atoms with van der Waals surface area (Å²) in [5.41, 5.74) is 0. The van der Waals surface area contributed by atoms with Crippen molar-refractivity contribution in [2.75, 3.05) is 26.3 Å². The van der Waals surface area contributed by atoms with Crippen molar-refractivity contribution in [1.29, 1.82) is 0 Å². The first-order valence-corrected chi connectivity index (χ1v) is 7.34. The third-order valence-corrected chi connectivity index (χ3v) is 3.24. The highest BCUT2D eigenvalue weighted by Gasteiger charge is 2.21. The first kappa shape index (κ1) is 16.8. The molecular formula is C14H26N2O4. The fourth-order valence-corrected chi connectivity index (χ4v) is 1.82. The van der Waals surface area contributed by atoms with Crippen LogP contribution >= 0.6 is 0 Å². The minimum atomic E-state index is -0.892. The summed E-state index contributed by atoms with van der Waals surface area (Å²) in [6.45, 7) is 6.04. The van der Waals surface area contributed by atoms with Gasteiger partial charge in [0, 0.05) is 32.3 Å². The van der Waals surface area contributed by atoms with Crippen molar-refractivity contribution < 1.29 is 19.4 Å². The zero-order chi connectivity index (χ0) is 15.0. The quantitative estimate of drug-likeness (QED) is 0.599. The van der Waals surface area contributed by atoms with Gasteiger partial charge in [0.25, 0.3) is 0 Å². The maximum Gasteiger partial charge on any atom is 0.317 e. The van der Waals surface area contributed by atoms with Crippen LogP contribution in [-0.4, -0.2) is 54.4 Å². The number of hydrogen-bond acceptors (Lipinski definition) is 3. The highest BCUT2D eigenvalue weighted by Crippen LogP contribution is 2.28. The van der Waals surface area contributed by atoms with E-state index < -0.39 is 5.97 Å². The van der Waals surface area contributed by atoms with Gasteiger partial charge in [-0.3, -0.25) is 4.79 Å². The first-order valence-electron chi connectivity index (χ1n) is 7.34. The number of hydrogen-bond donors (Lipinski definition) is 2. The monoisotopic (exact) mass is 286 g/mol. The van der Waals surface area contributed by atoms with Crippen LogP contribution in [0.5, 0.6) is 0 Å². The van der Waals surface area contributed by atoms with E-state index in [-0.39, 0.29) is 25.0 Å². The Morgan fingerprint density at radius 2 is 2.10 bits per heavy atom. The van der Waals surface area contributed by atoms with Crippen LogP contribution in [-0.2, 0) is 9.53 Å². The van der Waals surface area contributed by atoms with Gasteiger partial charge in [-0.1, -0.05) is 0 Å². The molecule has 0 aliphatic heterocycles. The second kappa shape index (κ2) is 8.79. The number of carbonyl (C=O) groups is 2. The zero-order valence-electron chi connectivity index (χ0n) is 12.4. The molecule has 0 saturated heterocycles. The molecule has 1 saturated carbocycles. The van der Waals surface area contributed by atoms with E-state index in [0.717, 1.165) is 18.9 Å². The van der Waals surface area contributed by atoms with Crippen LogP contribution in [0.2, 0.25) is 0 Å². The lowest BCUT2D eigenvalue weighted by atomic mass is 10.3. The molecule has 1 aliphatic carbocycles. The van der Waals surface area contributed by atoms with E-state index >= 15 is 0 Å². The Labute approximate surface area is 120 Å². The van der Waals surface area contributed by atoms with Crippen LogP contribution in [0, 0.1) is 5.92 Å². The average Bonchev–Trinajstić information content (AvgIpc) is 3.17. The highest BCUT2D eigenvalue weighted by atomic mass is 16.5. The molecule has 116 valence electrons. The third-order valence-electron chi connectivity index (χ3n) is 3.24. The predicted molar refractivity (Wildman–Crippen MR) is 75.7 cm³/mol. The largest absolute Gasteiger partial charge is 0.481 e. The number of carbonyl (C=O) groups excluding carboxylic acids is 1. The van der Waals surface area contributed by atoms with Gasteiger partial charge in [0.05, 0.1) is 6.42 Å². The number of nitrogens with zero attached hydrogens (tertiary/aromatic N) is 1. The van der Waals surface area contributed by atoms with E-state index in [1.807, 2.05) is 13.8 Å². The molecule has 0 aromatic carbocycles. The normalized spacial score (nSPS) is 14.3. The third kappa shape index (κ3) is 7.33. The second-order valence-electron chi connectivity index (χ2n) is 5.53. The SMILES string of the molecule is CC(C)N(CCC(=O)O)C(=O)NCCCOCC1CC1. The number of ether oxygens (including phenoxy) is 1. The summed E-state index contributed by atoms with van der Waals surface area (Å²) in [5.74, 6) is -0.131. The lowest BCUT2D eigenvalue weighted by molar-refractivity contribution is -0.137. The van der Waals surface area contributed by atoms with Crippen molar-refractivity contribution >= 4 is 12.0 Å². The molecule has 0 bridgehead atoms. The summed E-state index contributed by atoms with van der Waals surface area (Å²) in [6.07, 6.45) is 3.31. The van der Waals surface area contributed by atoms with Gasteiger partial charge in [0.15, 0.2) is 0 Å². The number of carboxylic acids is 1. The van der Waals surface area contributed by atoms with Crippen molar-refractivity contribution in [3.63, 3.8) is 0 Å². The van der Waals surface area contributed by atoms with E-state index in [1.54, 1.807) is 4.90 Å². The Kier molecular flexibility index (Phi) is 7.36. The topological polar surface area (TPSA) is 78.9 Å². The number of nitrogens with one attached hydrogen (secondary N) is 1. The van der Waals surface area contributed by atoms with Gasteiger partial charge in [-0.05, 0) is 39.0 Å². The molecule has 6 nitrogen and oxygen atoms in total. The summed E-state index contributed by atoms with van der Waals surface area (Å²) in [5, 5.41) is 11.5. The molecule has 0 heterocycles. The van der Waals surface area contributed by atoms with Gasteiger partial charge >= 0.3 is 12.0 Å². The van der Waals surface area contributed by atoms with Gasteiger partial charge in [-0.25, -0.2) is 4.79 Å². The summed E-state index contributed by atoms with van der Waals surface area (Å²) in [6, 6.07) is -0.219. The van der Waals surface area contributed by atoms with Crippen LogP contribution in [0.3, 0.4) is 0 Å². The average molecular weight is 286 g/mol. The molecule has 0 unspecified atom stereocenters. The molecule has 1 rings (SSSR count). The molecule has 20 heavy (non-hydrogen) atoms. The van der Waals surface area contributed by atoms with Crippen molar-refractivity contribution in [3.05, 3.63) is 0 Å². The van der Waals surface area contributed by atoms with E-state index in [9.17, 15) is 9.59 Å². The Morgan fingerprint density at radius 1 is 1.40 bits per heavy atom. The second-order valence-corrected chi connectivity index (χ2v) is 5.53. The Balaban J connectivity index is 2.11. The standard InChI is InChI=1S/C14H26N2O4/c1-11(2)16(8-6-13(17)18)14(19)15-7-3-9-20-10-12-4-5-12/h11-12H,3-10H2,1-2H3,(H,15,19)(H,17,18). The molecule has 1 fully saturated rings. The number of amides is 2. The molecule has 2 N–H and O–H groups in total. The van der Waals surface area contributed by atoms with E-state index in [0.29, 0.717) is 13.2 Å². The fraction of sp³-hybridized carbons (Fsp3) is 0.857. The predicted octanol–water partition coefficient (Wildman–Crippen LogP) is 1.70.